The lowest BCUT2D eigenvalue weighted by atomic mass is 10.0. The van der Waals surface area contributed by atoms with E-state index in [1.54, 1.807) is 18.5 Å². The van der Waals surface area contributed by atoms with E-state index >= 15 is 0 Å². The first kappa shape index (κ1) is 19.1. The summed E-state index contributed by atoms with van der Waals surface area (Å²) in [5.74, 6) is -1.21. The fourth-order valence-corrected chi connectivity index (χ4v) is 4.12. The molecular formula is C19H14F2N8OS. The summed E-state index contributed by atoms with van der Waals surface area (Å²) in [5, 5.41) is 4.86. The summed E-state index contributed by atoms with van der Waals surface area (Å²) in [6.45, 7) is 1.76. The van der Waals surface area contributed by atoms with Gasteiger partial charge in [0.15, 0.2) is 16.4 Å². The number of hydrogen-bond donors (Lipinski definition) is 3. The lowest BCUT2D eigenvalue weighted by Gasteiger charge is -2.18. The number of nitrogens with one attached hydrogen (secondary N) is 2. The van der Waals surface area contributed by atoms with Crippen LogP contribution in [0.5, 0.6) is 0 Å². The monoisotopic (exact) mass is 440 g/mol. The molecular weight excluding hydrogens is 426 g/mol. The molecule has 0 saturated carbocycles. The predicted molar refractivity (Wildman–Crippen MR) is 113 cm³/mol. The Balaban J connectivity index is 1.69. The van der Waals surface area contributed by atoms with Gasteiger partial charge in [0.2, 0.25) is 5.95 Å². The molecule has 156 valence electrons. The van der Waals surface area contributed by atoms with Gasteiger partial charge < -0.3 is 16.0 Å². The fourth-order valence-electron chi connectivity index (χ4n) is 3.41. The van der Waals surface area contributed by atoms with Crippen molar-refractivity contribution in [3.8, 4) is 11.1 Å². The fraction of sp³-hybridized carbons (Fsp3) is 0.105. The van der Waals surface area contributed by atoms with Crippen molar-refractivity contribution in [3.05, 3.63) is 63.8 Å². The number of anilines is 2. The third-order valence-electron chi connectivity index (χ3n) is 4.71. The quantitative estimate of drug-likeness (QED) is 0.392. The second-order valence-electron chi connectivity index (χ2n) is 6.79. The van der Waals surface area contributed by atoms with E-state index in [-0.39, 0.29) is 17.1 Å². The highest BCUT2D eigenvalue weighted by Gasteiger charge is 2.22. The van der Waals surface area contributed by atoms with Crippen molar-refractivity contribution in [2.24, 2.45) is 0 Å². The zero-order valence-corrected chi connectivity index (χ0v) is 16.7. The van der Waals surface area contributed by atoms with Gasteiger partial charge in [-0.25, -0.2) is 18.7 Å². The standard InChI is InChI=1S/C19H14F2N8OS/c1-8(25-16-14-15(24-7-23-14)27-18(22)28-16)13-12(9-4-10(20)6-11(21)5-9)17(30)29-2-3-31-19(29)26-13/h2-8H,1H3,(H4,22,23,24,25,27,28). The van der Waals surface area contributed by atoms with E-state index in [0.717, 1.165) is 18.2 Å². The molecule has 4 aromatic heterocycles. The summed E-state index contributed by atoms with van der Waals surface area (Å²) in [4.78, 5) is 33.5. The van der Waals surface area contributed by atoms with Gasteiger partial charge in [-0.3, -0.25) is 9.20 Å². The van der Waals surface area contributed by atoms with E-state index in [1.165, 1.54) is 22.1 Å². The van der Waals surface area contributed by atoms with E-state index in [1.807, 2.05) is 0 Å². The summed E-state index contributed by atoms with van der Waals surface area (Å²) < 4.78 is 29.2. The van der Waals surface area contributed by atoms with Gasteiger partial charge in [-0.15, -0.1) is 11.3 Å². The Morgan fingerprint density at radius 3 is 2.74 bits per heavy atom. The maximum atomic E-state index is 13.9. The van der Waals surface area contributed by atoms with Crippen LogP contribution in [0, 0.1) is 11.6 Å². The molecule has 4 heterocycles. The average molecular weight is 440 g/mol. The largest absolute Gasteiger partial charge is 0.368 e. The molecule has 0 aliphatic rings. The first-order chi connectivity index (χ1) is 14.9. The first-order valence-electron chi connectivity index (χ1n) is 9.10. The normalized spacial score (nSPS) is 12.5. The Morgan fingerprint density at radius 1 is 1.19 bits per heavy atom. The number of thiazole rings is 1. The van der Waals surface area contributed by atoms with Crippen LogP contribution in [0.25, 0.3) is 27.3 Å². The number of benzene rings is 1. The SMILES string of the molecule is CC(Nc1nc(N)nc2nc[nH]c12)c1nc2sccn2c(=O)c1-c1cc(F)cc(F)c1. The van der Waals surface area contributed by atoms with Gasteiger partial charge in [0, 0.05) is 17.6 Å². The molecule has 9 nitrogen and oxygen atoms in total. The van der Waals surface area contributed by atoms with E-state index < -0.39 is 23.2 Å². The van der Waals surface area contributed by atoms with Crippen molar-refractivity contribution < 1.29 is 8.78 Å². The third kappa shape index (κ3) is 3.26. The highest BCUT2D eigenvalue weighted by Crippen LogP contribution is 2.30. The molecule has 4 N–H and O–H groups in total. The topological polar surface area (TPSA) is 127 Å². The van der Waals surface area contributed by atoms with Crippen LogP contribution in [-0.2, 0) is 0 Å². The first-order valence-corrected chi connectivity index (χ1v) is 9.98. The molecule has 1 atom stereocenters. The minimum atomic E-state index is -0.792. The number of halogens is 2. The van der Waals surface area contributed by atoms with Crippen molar-refractivity contribution in [1.82, 2.24) is 29.3 Å². The minimum Gasteiger partial charge on any atom is -0.368 e. The van der Waals surface area contributed by atoms with Gasteiger partial charge in [0.1, 0.15) is 17.2 Å². The van der Waals surface area contributed by atoms with Crippen molar-refractivity contribution in [1.29, 1.82) is 0 Å². The van der Waals surface area contributed by atoms with E-state index in [2.05, 4.69) is 30.2 Å². The van der Waals surface area contributed by atoms with Gasteiger partial charge in [0.25, 0.3) is 5.56 Å². The summed E-state index contributed by atoms with van der Waals surface area (Å²) >= 11 is 1.27. The maximum absolute atomic E-state index is 13.9. The van der Waals surface area contributed by atoms with Crippen LogP contribution < -0.4 is 16.6 Å². The number of fused-ring (bicyclic) bond motifs is 2. The number of nitrogen functional groups attached to an aromatic ring is 1. The number of rotatable bonds is 4. The van der Waals surface area contributed by atoms with Crippen LogP contribution in [0.4, 0.5) is 20.5 Å². The summed E-state index contributed by atoms with van der Waals surface area (Å²) in [5.41, 5.74) is 6.71. The van der Waals surface area contributed by atoms with Crippen molar-refractivity contribution in [2.75, 3.05) is 11.1 Å². The van der Waals surface area contributed by atoms with Gasteiger partial charge >= 0.3 is 0 Å². The zero-order valence-electron chi connectivity index (χ0n) is 15.9. The molecule has 0 aliphatic carbocycles. The lowest BCUT2D eigenvalue weighted by Crippen LogP contribution is -2.22. The van der Waals surface area contributed by atoms with E-state index in [4.69, 9.17) is 5.73 Å². The smallest absolute Gasteiger partial charge is 0.266 e. The van der Waals surface area contributed by atoms with Gasteiger partial charge in [-0.2, -0.15) is 9.97 Å². The molecule has 5 aromatic rings. The highest BCUT2D eigenvalue weighted by atomic mass is 32.1. The Kier molecular flexibility index (Phi) is 4.36. The molecule has 5 rings (SSSR count). The summed E-state index contributed by atoms with van der Waals surface area (Å²) in [6, 6.07) is 2.37. The van der Waals surface area contributed by atoms with Crippen molar-refractivity contribution in [2.45, 2.75) is 13.0 Å². The molecule has 0 spiro atoms. The van der Waals surface area contributed by atoms with Crippen molar-refractivity contribution >= 4 is 39.2 Å². The van der Waals surface area contributed by atoms with E-state index in [9.17, 15) is 13.6 Å². The van der Waals surface area contributed by atoms with Crippen LogP contribution in [0.15, 0.2) is 40.9 Å². The predicted octanol–water partition coefficient (Wildman–Crippen LogP) is 3.12. The Hall–Kier alpha value is -3.93. The van der Waals surface area contributed by atoms with E-state index in [0.29, 0.717) is 27.6 Å². The number of nitrogens with zero attached hydrogens (tertiary/aromatic N) is 5. The maximum Gasteiger partial charge on any atom is 0.266 e. The van der Waals surface area contributed by atoms with Gasteiger partial charge in [0.05, 0.1) is 23.6 Å². The third-order valence-corrected chi connectivity index (χ3v) is 5.47. The number of hydrogen-bond acceptors (Lipinski definition) is 8. The Bertz CT molecular complexity index is 1490. The molecule has 0 radical (unpaired) electrons. The molecule has 31 heavy (non-hydrogen) atoms. The minimum absolute atomic E-state index is 0.0171. The van der Waals surface area contributed by atoms with Crippen LogP contribution in [0.2, 0.25) is 0 Å². The Labute approximate surface area is 176 Å². The van der Waals surface area contributed by atoms with Crippen LogP contribution in [-0.4, -0.2) is 29.3 Å². The second-order valence-corrected chi connectivity index (χ2v) is 7.66. The molecule has 0 fully saturated rings. The van der Waals surface area contributed by atoms with Crippen molar-refractivity contribution in [3.63, 3.8) is 0 Å². The molecule has 0 aliphatic heterocycles. The number of aromatic amines is 1. The van der Waals surface area contributed by atoms with Crippen LogP contribution in [0.1, 0.15) is 18.7 Å². The highest BCUT2D eigenvalue weighted by molar-refractivity contribution is 7.15. The summed E-state index contributed by atoms with van der Waals surface area (Å²) in [6.07, 6.45) is 3.02. The number of H-pyrrole nitrogens is 1. The molecule has 0 saturated heterocycles. The average Bonchev–Trinajstić information content (AvgIpc) is 3.36. The number of imidazole rings is 1. The second kappa shape index (κ2) is 7.09. The summed E-state index contributed by atoms with van der Waals surface area (Å²) in [7, 11) is 0. The van der Waals surface area contributed by atoms with Gasteiger partial charge in [-0.1, -0.05) is 0 Å². The zero-order chi connectivity index (χ0) is 21.7. The van der Waals surface area contributed by atoms with Gasteiger partial charge in [-0.05, 0) is 24.6 Å². The van der Waals surface area contributed by atoms with Crippen LogP contribution >= 0.6 is 11.3 Å². The molecule has 1 aromatic carbocycles. The van der Waals surface area contributed by atoms with Crippen LogP contribution in [0.3, 0.4) is 0 Å². The lowest BCUT2D eigenvalue weighted by molar-refractivity contribution is 0.584. The molecule has 1 unspecified atom stereocenters. The molecule has 0 amide bonds. The number of nitrogens with two attached hydrogens (primary N) is 1. The molecule has 0 bridgehead atoms. The number of aromatic nitrogens is 6. The molecule has 12 heteroatoms. The Morgan fingerprint density at radius 2 is 1.97 bits per heavy atom.